The molecule has 1 amide bonds. The molecule has 0 unspecified atom stereocenters. The van der Waals surface area contributed by atoms with Gasteiger partial charge in [0.25, 0.3) is 0 Å². The minimum atomic E-state index is -0.106. The van der Waals surface area contributed by atoms with Crippen LogP contribution in [0, 0.1) is 11.3 Å². The molecule has 0 fully saturated rings. The molecule has 0 aliphatic carbocycles. The summed E-state index contributed by atoms with van der Waals surface area (Å²) in [6, 6.07) is 17.7. The molecular formula is C17H12N2OS. The van der Waals surface area contributed by atoms with Crippen LogP contribution in [0.1, 0.15) is 11.1 Å². The first-order valence-electron chi connectivity index (χ1n) is 6.52. The fourth-order valence-corrected chi connectivity index (χ4v) is 3.04. The van der Waals surface area contributed by atoms with Crippen molar-refractivity contribution in [1.82, 2.24) is 0 Å². The van der Waals surface area contributed by atoms with Crippen LogP contribution in [0.3, 0.4) is 0 Å². The van der Waals surface area contributed by atoms with Crippen LogP contribution in [-0.2, 0) is 11.2 Å². The van der Waals surface area contributed by atoms with E-state index in [0.717, 1.165) is 16.3 Å². The van der Waals surface area contributed by atoms with Gasteiger partial charge in [0.05, 0.1) is 12.0 Å². The number of nitriles is 1. The van der Waals surface area contributed by atoms with Gasteiger partial charge in [-0.2, -0.15) is 5.26 Å². The maximum atomic E-state index is 12.2. The highest BCUT2D eigenvalue weighted by Crippen LogP contribution is 2.23. The minimum absolute atomic E-state index is 0.106. The van der Waals surface area contributed by atoms with E-state index in [1.54, 1.807) is 11.4 Å². The Morgan fingerprint density at radius 2 is 1.95 bits per heavy atom. The molecule has 2 aromatic carbocycles. The highest BCUT2D eigenvalue weighted by atomic mass is 32.1. The Kier molecular flexibility index (Phi) is 3.67. The zero-order chi connectivity index (χ0) is 14.7. The van der Waals surface area contributed by atoms with Gasteiger partial charge in [-0.3, -0.25) is 4.79 Å². The summed E-state index contributed by atoms with van der Waals surface area (Å²) in [7, 11) is 0. The van der Waals surface area contributed by atoms with Gasteiger partial charge in [0.1, 0.15) is 11.1 Å². The molecule has 0 saturated heterocycles. The third-order valence-corrected chi connectivity index (χ3v) is 4.10. The van der Waals surface area contributed by atoms with Gasteiger partial charge in [-0.25, -0.2) is 0 Å². The molecule has 0 saturated carbocycles. The van der Waals surface area contributed by atoms with Crippen molar-refractivity contribution in [1.29, 1.82) is 5.26 Å². The van der Waals surface area contributed by atoms with Gasteiger partial charge in [-0.15, -0.1) is 11.3 Å². The van der Waals surface area contributed by atoms with Crippen molar-refractivity contribution in [2.75, 3.05) is 5.32 Å². The van der Waals surface area contributed by atoms with Gasteiger partial charge in [0, 0.05) is 0 Å². The SMILES string of the molecule is N#Cc1ccsc1NC(=O)Cc1cccc2ccccc12. The number of fused-ring (bicyclic) bond motifs is 1. The largest absolute Gasteiger partial charge is 0.316 e. The Hall–Kier alpha value is -2.64. The Bertz CT molecular complexity index is 840. The quantitative estimate of drug-likeness (QED) is 0.794. The van der Waals surface area contributed by atoms with Crippen LogP contribution < -0.4 is 5.32 Å². The van der Waals surface area contributed by atoms with Crippen LogP contribution >= 0.6 is 11.3 Å². The fourth-order valence-electron chi connectivity index (χ4n) is 2.28. The molecule has 1 N–H and O–H groups in total. The summed E-state index contributed by atoms with van der Waals surface area (Å²) in [4.78, 5) is 12.2. The first kappa shape index (κ1) is 13.3. The van der Waals surface area contributed by atoms with E-state index in [0.29, 0.717) is 17.0 Å². The molecule has 3 rings (SSSR count). The van der Waals surface area contributed by atoms with Crippen LogP contribution in [0.4, 0.5) is 5.00 Å². The number of nitrogens with zero attached hydrogens (tertiary/aromatic N) is 1. The molecule has 21 heavy (non-hydrogen) atoms. The summed E-state index contributed by atoms with van der Waals surface area (Å²) in [6.07, 6.45) is 0.296. The van der Waals surface area contributed by atoms with Gasteiger partial charge in [-0.05, 0) is 27.8 Å². The van der Waals surface area contributed by atoms with E-state index in [4.69, 9.17) is 5.26 Å². The van der Waals surface area contributed by atoms with E-state index in [1.165, 1.54) is 11.3 Å². The summed E-state index contributed by atoms with van der Waals surface area (Å²) >= 11 is 1.36. The molecule has 0 bridgehead atoms. The second kappa shape index (κ2) is 5.78. The monoisotopic (exact) mass is 292 g/mol. The number of thiophene rings is 1. The lowest BCUT2D eigenvalue weighted by Gasteiger charge is -2.07. The van der Waals surface area contributed by atoms with E-state index in [2.05, 4.69) is 11.4 Å². The number of hydrogen-bond donors (Lipinski definition) is 1. The second-order valence-electron chi connectivity index (χ2n) is 4.64. The minimum Gasteiger partial charge on any atom is -0.316 e. The highest BCUT2D eigenvalue weighted by Gasteiger charge is 2.10. The van der Waals surface area contributed by atoms with Gasteiger partial charge in [0.2, 0.25) is 5.91 Å². The normalized spacial score (nSPS) is 10.2. The van der Waals surface area contributed by atoms with Crippen LogP contribution in [-0.4, -0.2) is 5.91 Å². The zero-order valence-corrected chi connectivity index (χ0v) is 12.0. The lowest BCUT2D eigenvalue weighted by molar-refractivity contribution is -0.115. The van der Waals surface area contributed by atoms with Crippen molar-refractivity contribution in [2.24, 2.45) is 0 Å². The van der Waals surface area contributed by atoms with Crippen molar-refractivity contribution in [3.8, 4) is 6.07 Å². The molecule has 1 heterocycles. The standard InChI is InChI=1S/C17H12N2OS/c18-11-14-8-9-21-17(14)19-16(20)10-13-6-3-5-12-4-1-2-7-15(12)13/h1-9H,10H2,(H,19,20). The molecule has 0 radical (unpaired) electrons. The fraction of sp³-hybridized carbons (Fsp3) is 0.0588. The molecule has 4 heteroatoms. The average molecular weight is 292 g/mol. The smallest absolute Gasteiger partial charge is 0.229 e. The lowest BCUT2D eigenvalue weighted by atomic mass is 10.0. The number of benzene rings is 2. The van der Waals surface area contributed by atoms with Crippen LogP contribution in [0.15, 0.2) is 53.9 Å². The maximum Gasteiger partial charge on any atom is 0.229 e. The number of carbonyl (C=O) groups is 1. The van der Waals surface area contributed by atoms with E-state index in [-0.39, 0.29) is 5.91 Å². The summed E-state index contributed by atoms with van der Waals surface area (Å²) in [5.41, 5.74) is 1.49. The van der Waals surface area contributed by atoms with Gasteiger partial charge in [0.15, 0.2) is 0 Å². The number of hydrogen-bond acceptors (Lipinski definition) is 3. The lowest BCUT2D eigenvalue weighted by Crippen LogP contribution is -2.14. The molecule has 0 aliphatic heterocycles. The number of anilines is 1. The highest BCUT2D eigenvalue weighted by molar-refractivity contribution is 7.14. The average Bonchev–Trinajstić information content (AvgIpc) is 2.94. The molecule has 3 aromatic rings. The second-order valence-corrected chi connectivity index (χ2v) is 5.55. The number of carbonyl (C=O) groups excluding carboxylic acids is 1. The van der Waals surface area contributed by atoms with Crippen molar-refractivity contribution in [3.63, 3.8) is 0 Å². The van der Waals surface area contributed by atoms with Gasteiger partial charge in [-0.1, -0.05) is 42.5 Å². The van der Waals surface area contributed by atoms with Gasteiger partial charge >= 0.3 is 0 Å². The summed E-state index contributed by atoms with van der Waals surface area (Å²) in [5.74, 6) is -0.106. The van der Waals surface area contributed by atoms with Crippen LogP contribution in [0.5, 0.6) is 0 Å². The number of nitrogens with one attached hydrogen (secondary N) is 1. The molecular weight excluding hydrogens is 280 g/mol. The summed E-state index contributed by atoms with van der Waals surface area (Å²) in [5, 5.41) is 16.4. The Balaban J connectivity index is 1.83. The van der Waals surface area contributed by atoms with Crippen LogP contribution in [0.25, 0.3) is 10.8 Å². The van der Waals surface area contributed by atoms with E-state index in [9.17, 15) is 4.79 Å². The number of amides is 1. The van der Waals surface area contributed by atoms with E-state index < -0.39 is 0 Å². The molecule has 0 spiro atoms. The summed E-state index contributed by atoms with van der Waals surface area (Å²) < 4.78 is 0. The predicted octanol–water partition coefficient (Wildman–Crippen LogP) is 3.95. The van der Waals surface area contributed by atoms with Crippen LogP contribution in [0.2, 0.25) is 0 Å². The Labute approximate surface area is 126 Å². The maximum absolute atomic E-state index is 12.2. The zero-order valence-electron chi connectivity index (χ0n) is 11.2. The third kappa shape index (κ3) is 2.78. The molecule has 102 valence electrons. The first-order valence-corrected chi connectivity index (χ1v) is 7.40. The molecule has 3 nitrogen and oxygen atoms in total. The number of rotatable bonds is 3. The topological polar surface area (TPSA) is 52.9 Å². The predicted molar refractivity (Wildman–Crippen MR) is 85.3 cm³/mol. The molecule has 1 aromatic heterocycles. The van der Waals surface area contributed by atoms with Crippen molar-refractivity contribution in [2.45, 2.75) is 6.42 Å². The molecule has 0 aliphatic rings. The van der Waals surface area contributed by atoms with E-state index >= 15 is 0 Å². The van der Waals surface area contributed by atoms with Crippen molar-refractivity contribution < 1.29 is 4.79 Å². The van der Waals surface area contributed by atoms with Gasteiger partial charge < -0.3 is 5.32 Å². The third-order valence-electron chi connectivity index (χ3n) is 3.27. The Morgan fingerprint density at radius 3 is 2.81 bits per heavy atom. The molecule has 0 atom stereocenters. The van der Waals surface area contributed by atoms with E-state index in [1.807, 2.05) is 42.5 Å². The Morgan fingerprint density at radius 1 is 1.14 bits per heavy atom. The van der Waals surface area contributed by atoms with Crippen molar-refractivity contribution in [3.05, 3.63) is 65.0 Å². The first-order chi connectivity index (χ1) is 10.3. The summed E-state index contributed by atoms with van der Waals surface area (Å²) in [6.45, 7) is 0. The van der Waals surface area contributed by atoms with Crippen molar-refractivity contribution >= 4 is 33.0 Å².